The lowest BCUT2D eigenvalue weighted by molar-refractivity contribution is -0.143. The van der Waals surface area contributed by atoms with Gasteiger partial charge in [-0.05, 0) is 37.5 Å². The molecule has 0 saturated carbocycles. The number of primary amides is 1. The van der Waals surface area contributed by atoms with E-state index in [0.717, 1.165) is 0 Å². The van der Waals surface area contributed by atoms with Crippen LogP contribution in [0.3, 0.4) is 0 Å². The van der Waals surface area contributed by atoms with E-state index in [1.165, 1.54) is 4.90 Å². The minimum atomic E-state index is -1.71. The molecule has 1 aliphatic rings. The van der Waals surface area contributed by atoms with Crippen LogP contribution in [0.5, 0.6) is 0 Å². The molecule has 0 unspecified atom stereocenters. The molecule has 27 heteroatoms. The molecule has 0 spiro atoms. The molecule has 0 aromatic heterocycles. The lowest BCUT2D eigenvalue weighted by atomic mass is 10.0. The second-order valence-corrected chi connectivity index (χ2v) is 15.3. The second-order valence-electron chi connectivity index (χ2n) is 15.3. The van der Waals surface area contributed by atoms with E-state index in [2.05, 4.69) is 42.5 Å². The van der Waals surface area contributed by atoms with Gasteiger partial charge < -0.3 is 74.2 Å². The SMILES string of the molecule is CC(C)[C@H](NC(=O)CN)C(=O)N[C@@H](CC(N)=O)C(=O)NCC(=O)N[C@@H](CCC(=O)O)C(=O)N[C@@H](CCC(=O)O)C(=O)NCC(=O)N[C@H](C(=O)N1CCC[C@H]1C(=O)NCC(=O)O)C(C)C. The fraction of sp³-hybridized carbons (Fsp3) is 0.649. The average molecular weight is 914 g/mol. The van der Waals surface area contributed by atoms with Crippen molar-refractivity contribution in [1.29, 1.82) is 0 Å². The summed E-state index contributed by atoms with van der Waals surface area (Å²) in [6.07, 6.45) is -2.61. The summed E-state index contributed by atoms with van der Waals surface area (Å²) < 4.78 is 0. The number of rotatable bonds is 28. The van der Waals surface area contributed by atoms with Crippen molar-refractivity contribution in [2.45, 2.75) is 109 Å². The van der Waals surface area contributed by atoms with Gasteiger partial charge in [-0.3, -0.25) is 62.3 Å². The van der Waals surface area contributed by atoms with E-state index in [4.69, 9.17) is 16.6 Å². The number of amides is 10. The first kappa shape index (κ1) is 55.1. The van der Waals surface area contributed by atoms with Crippen LogP contribution < -0.4 is 54.0 Å². The van der Waals surface area contributed by atoms with Crippen molar-refractivity contribution < 1.29 is 77.6 Å². The van der Waals surface area contributed by atoms with Crippen LogP contribution in [0.4, 0.5) is 0 Å². The highest BCUT2D eigenvalue weighted by molar-refractivity contribution is 5.98. The van der Waals surface area contributed by atoms with Crippen molar-refractivity contribution in [3.63, 3.8) is 0 Å². The molecular formula is C37H59N11O16. The Labute approximate surface area is 366 Å². The number of carbonyl (C=O) groups excluding carboxylic acids is 10. The zero-order valence-electron chi connectivity index (χ0n) is 35.9. The molecule has 1 fully saturated rings. The summed E-state index contributed by atoms with van der Waals surface area (Å²) >= 11 is 0. The largest absolute Gasteiger partial charge is 0.481 e. The molecule has 0 aromatic carbocycles. The van der Waals surface area contributed by atoms with E-state index in [9.17, 15) is 72.5 Å². The molecule has 0 aliphatic carbocycles. The van der Waals surface area contributed by atoms with Crippen LogP contribution in [0.15, 0.2) is 0 Å². The molecule has 0 bridgehead atoms. The van der Waals surface area contributed by atoms with Crippen LogP contribution >= 0.6 is 0 Å². The van der Waals surface area contributed by atoms with Crippen molar-refractivity contribution in [3.8, 4) is 0 Å². The number of hydrogen-bond donors (Lipinski definition) is 13. The molecule has 1 rings (SSSR count). The number of aliphatic carboxylic acids is 3. The Balaban J connectivity index is 3.08. The van der Waals surface area contributed by atoms with Crippen LogP contribution in [-0.4, -0.2) is 166 Å². The van der Waals surface area contributed by atoms with Crippen molar-refractivity contribution in [2.24, 2.45) is 23.3 Å². The van der Waals surface area contributed by atoms with E-state index in [1.54, 1.807) is 27.7 Å². The van der Waals surface area contributed by atoms with Crippen molar-refractivity contribution in [2.75, 3.05) is 32.7 Å². The van der Waals surface area contributed by atoms with Crippen molar-refractivity contribution in [3.05, 3.63) is 0 Å². The predicted molar refractivity (Wildman–Crippen MR) is 217 cm³/mol. The third kappa shape index (κ3) is 19.8. The Morgan fingerprint density at radius 1 is 0.578 bits per heavy atom. The van der Waals surface area contributed by atoms with Gasteiger partial charge >= 0.3 is 17.9 Å². The lowest BCUT2D eigenvalue weighted by Crippen LogP contribution is -2.58. The summed E-state index contributed by atoms with van der Waals surface area (Å²) in [6, 6.07) is -8.42. The highest BCUT2D eigenvalue weighted by Crippen LogP contribution is 2.20. The Hall–Kier alpha value is -6.93. The highest BCUT2D eigenvalue weighted by Gasteiger charge is 2.39. The zero-order valence-corrected chi connectivity index (χ0v) is 35.9. The van der Waals surface area contributed by atoms with Crippen LogP contribution in [0.1, 0.15) is 72.6 Å². The Bertz CT molecular complexity index is 1770. The topological polar surface area (TPSA) is 434 Å². The summed E-state index contributed by atoms with van der Waals surface area (Å²) in [5.74, 6) is -14.4. The molecule has 0 radical (unpaired) electrons. The fourth-order valence-electron chi connectivity index (χ4n) is 6.11. The number of likely N-dealkylation sites (tertiary alicyclic amines) is 1. The summed E-state index contributed by atoms with van der Waals surface area (Å²) in [7, 11) is 0. The predicted octanol–water partition coefficient (Wildman–Crippen LogP) is -6.29. The number of carboxylic acid groups (broad SMARTS) is 3. The summed E-state index contributed by atoms with van der Waals surface area (Å²) in [6.45, 7) is 3.66. The van der Waals surface area contributed by atoms with E-state index < -0.39 is 183 Å². The first-order valence-electron chi connectivity index (χ1n) is 20.1. The molecule has 0 aromatic rings. The maximum Gasteiger partial charge on any atom is 0.322 e. The first-order valence-corrected chi connectivity index (χ1v) is 20.1. The summed E-state index contributed by atoms with van der Waals surface area (Å²) in [5, 5.41) is 45.6. The molecule has 358 valence electrons. The van der Waals surface area contributed by atoms with Gasteiger partial charge in [-0.25, -0.2) is 0 Å². The zero-order chi connectivity index (χ0) is 48.8. The maximum atomic E-state index is 13.5. The van der Waals surface area contributed by atoms with Crippen LogP contribution in [0, 0.1) is 11.8 Å². The van der Waals surface area contributed by atoms with Gasteiger partial charge in [-0.15, -0.1) is 0 Å². The van der Waals surface area contributed by atoms with Gasteiger partial charge in [0.25, 0.3) is 0 Å². The minimum Gasteiger partial charge on any atom is -0.481 e. The van der Waals surface area contributed by atoms with Crippen LogP contribution in [-0.2, 0) is 62.3 Å². The highest BCUT2D eigenvalue weighted by atomic mass is 16.4. The van der Waals surface area contributed by atoms with Gasteiger partial charge in [0.2, 0.25) is 59.1 Å². The smallest absolute Gasteiger partial charge is 0.322 e. The summed E-state index contributed by atoms with van der Waals surface area (Å²) in [4.78, 5) is 163. The number of carbonyl (C=O) groups is 13. The molecule has 1 heterocycles. The van der Waals surface area contributed by atoms with Gasteiger partial charge in [-0.2, -0.15) is 0 Å². The molecule has 6 atom stereocenters. The Morgan fingerprint density at radius 3 is 1.55 bits per heavy atom. The van der Waals surface area contributed by atoms with Crippen LogP contribution in [0.25, 0.3) is 0 Å². The Kier molecular flexibility index (Phi) is 23.4. The van der Waals surface area contributed by atoms with Gasteiger partial charge in [0.05, 0.1) is 26.1 Å². The standard InChI is InChI=1S/C37H59N11O16/c1-17(2)30(46-24(50)13-38)36(63)45-21(12-23(39)49)33(60)41-14-25(51)43-20(8-10-28(55)56)34(61)44-19(7-9-27(53)54)32(59)40-15-26(52)47-31(18(3)4)37(64)48-11-5-6-22(48)35(62)42-16-29(57)58/h17-22,30-31H,5-16,38H2,1-4H3,(H2,39,49)(H,40,59)(H,41,60)(H,42,62)(H,43,51)(H,44,61)(H,45,63)(H,46,50)(H,47,52)(H,53,54)(H,55,56)(H,57,58)/t19-,20-,21-,22-,30-,31-/m0/s1. The second kappa shape index (κ2) is 27.2. The number of carboxylic acids is 3. The van der Waals surface area contributed by atoms with Gasteiger partial charge in [-0.1, -0.05) is 27.7 Å². The maximum absolute atomic E-state index is 13.5. The number of hydrogen-bond acceptors (Lipinski definition) is 14. The summed E-state index contributed by atoms with van der Waals surface area (Å²) in [5.41, 5.74) is 10.5. The number of nitrogens with zero attached hydrogens (tertiary/aromatic N) is 1. The van der Waals surface area contributed by atoms with Crippen LogP contribution in [0.2, 0.25) is 0 Å². The van der Waals surface area contributed by atoms with Gasteiger partial charge in [0.15, 0.2) is 0 Å². The van der Waals surface area contributed by atoms with E-state index >= 15 is 0 Å². The monoisotopic (exact) mass is 913 g/mol. The Morgan fingerprint density at radius 2 is 1.06 bits per heavy atom. The van der Waals surface area contributed by atoms with E-state index in [0.29, 0.717) is 6.42 Å². The third-order valence-corrected chi connectivity index (χ3v) is 9.42. The van der Waals surface area contributed by atoms with E-state index in [-0.39, 0.29) is 13.0 Å². The molecule has 15 N–H and O–H groups in total. The third-order valence-electron chi connectivity index (χ3n) is 9.42. The lowest BCUT2D eigenvalue weighted by Gasteiger charge is -2.30. The van der Waals surface area contributed by atoms with Crippen molar-refractivity contribution in [1.82, 2.24) is 47.4 Å². The molecule has 1 aliphatic heterocycles. The average Bonchev–Trinajstić information content (AvgIpc) is 3.71. The molecular weight excluding hydrogens is 854 g/mol. The van der Waals surface area contributed by atoms with Gasteiger partial charge in [0.1, 0.15) is 42.8 Å². The molecule has 10 amide bonds. The quantitative estimate of drug-likeness (QED) is 0.0347. The van der Waals surface area contributed by atoms with Crippen molar-refractivity contribution >= 4 is 77.0 Å². The first-order chi connectivity index (χ1) is 29.9. The molecule has 1 saturated heterocycles. The minimum absolute atomic E-state index is 0.141. The fourth-order valence-corrected chi connectivity index (χ4v) is 6.11. The normalized spacial score (nSPS) is 15.5. The number of nitrogens with one attached hydrogen (secondary N) is 8. The molecule has 64 heavy (non-hydrogen) atoms. The number of nitrogens with two attached hydrogens (primary N) is 2. The molecule has 27 nitrogen and oxygen atoms in total. The van der Waals surface area contributed by atoms with E-state index in [1.807, 2.05) is 0 Å². The van der Waals surface area contributed by atoms with Gasteiger partial charge in [0, 0.05) is 19.4 Å².